The van der Waals surface area contributed by atoms with Crippen molar-refractivity contribution in [2.75, 3.05) is 36.0 Å². The zero-order valence-corrected chi connectivity index (χ0v) is 17.5. The number of para-hydroxylation sites is 2. The molecular formula is C24H28F3N3O. The Morgan fingerprint density at radius 2 is 1.84 bits per heavy atom. The van der Waals surface area contributed by atoms with Crippen LogP contribution >= 0.6 is 0 Å². The minimum absolute atomic E-state index is 0.163. The van der Waals surface area contributed by atoms with Gasteiger partial charge in [-0.1, -0.05) is 24.6 Å². The first-order valence-corrected chi connectivity index (χ1v) is 11.0. The number of hydrogen-bond donors (Lipinski definition) is 1. The lowest BCUT2D eigenvalue weighted by atomic mass is 9.97. The van der Waals surface area contributed by atoms with E-state index in [4.69, 9.17) is 0 Å². The van der Waals surface area contributed by atoms with Crippen LogP contribution in [0.25, 0.3) is 0 Å². The summed E-state index contributed by atoms with van der Waals surface area (Å²) in [4.78, 5) is 16.5. The van der Waals surface area contributed by atoms with E-state index in [2.05, 4.69) is 10.2 Å². The quantitative estimate of drug-likeness (QED) is 0.692. The number of halogens is 3. The Kier molecular flexibility index (Phi) is 6.51. The molecule has 2 aliphatic rings. The van der Waals surface area contributed by atoms with Crippen LogP contribution in [-0.2, 0) is 11.0 Å². The molecular weight excluding hydrogens is 403 g/mol. The van der Waals surface area contributed by atoms with Gasteiger partial charge in [-0.05, 0) is 75.0 Å². The molecule has 31 heavy (non-hydrogen) atoms. The summed E-state index contributed by atoms with van der Waals surface area (Å²) in [6.07, 6.45) is 1.37. The molecule has 166 valence electrons. The van der Waals surface area contributed by atoms with Crippen LogP contribution in [0.15, 0.2) is 48.5 Å². The predicted octanol–water partition coefficient (Wildman–Crippen LogP) is 5.36. The maximum atomic E-state index is 13.2. The van der Waals surface area contributed by atoms with Crippen molar-refractivity contribution in [1.29, 1.82) is 0 Å². The van der Waals surface area contributed by atoms with E-state index in [9.17, 15) is 18.0 Å². The number of hydrogen-bond acceptors (Lipinski definition) is 3. The number of carbonyl (C=O) groups is 1. The molecule has 0 radical (unpaired) electrons. The number of carbonyl (C=O) groups excluding carboxylic acids is 1. The highest BCUT2D eigenvalue weighted by atomic mass is 19.4. The Balaban J connectivity index is 1.52. The van der Waals surface area contributed by atoms with Gasteiger partial charge in [-0.3, -0.25) is 9.69 Å². The first-order valence-electron chi connectivity index (χ1n) is 11.0. The third-order valence-electron chi connectivity index (χ3n) is 6.16. The molecule has 4 rings (SSSR count). The van der Waals surface area contributed by atoms with Crippen LogP contribution in [0.2, 0.25) is 0 Å². The molecule has 0 aliphatic carbocycles. The van der Waals surface area contributed by atoms with E-state index in [1.54, 1.807) is 12.1 Å². The molecule has 4 nitrogen and oxygen atoms in total. The number of nitrogens with one attached hydrogen (secondary N) is 1. The molecule has 0 bridgehead atoms. The first kappa shape index (κ1) is 21.7. The van der Waals surface area contributed by atoms with Gasteiger partial charge in [0, 0.05) is 12.2 Å². The number of fused-ring (bicyclic) bond motifs is 1. The highest BCUT2D eigenvalue weighted by Gasteiger charge is 2.34. The van der Waals surface area contributed by atoms with Crippen LogP contribution in [-0.4, -0.2) is 32.1 Å². The maximum Gasteiger partial charge on any atom is 0.416 e. The van der Waals surface area contributed by atoms with Crippen molar-refractivity contribution in [3.8, 4) is 0 Å². The maximum absolute atomic E-state index is 13.2. The SMILES string of the molecule is O=C1CN(CCCC2CCCCNC2)c2ccccc2N1c1cccc(C(F)(F)F)c1. The number of amides is 1. The molecule has 1 atom stereocenters. The minimum Gasteiger partial charge on any atom is -0.360 e. The van der Waals surface area contributed by atoms with Crippen molar-refractivity contribution in [2.45, 2.75) is 38.3 Å². The van der Waals surface area contributed by atoms with E-state index < -0.39 is 11.7 Å². The molecule has 0 spiro atoms. The van der Waals surface area contributed by atoms with Gasteiger partial charge in [0.15, 0.2) is 0 Å². The van der Waals surface area contributed by atoms with Crippen molar-refractivity contribution >= 4 is 23.0 Å². The number of nitrogens with zero attached hydrogens (tertiary/aromatic N) is 2. The minimum atomic E-state index is -4.45. The molecule has 1 fully saturated rings. The van der Waals surface area contributed by atoms with Crippen molar-refractivity contribution in [3.63, 3.8) is 0 Å². The molecule has 2 aliphatic heterocycles. The molecule has 2 aromatic carbocycles. The molecule has 0 saturated carbocycles. The van der Waals surface area contributed by atoms with Gasteiger partial charge < -0.3 is 10.2 Å². The molecule has 1 amide bonds. The van der Waals surface area contributed by atoms with E-state index in [1.807, 2.05) is 18.2 Å². The summed E-state index contributed by atoms with van der Waals surface area (Å²) in [5.41, 5.74) is 1.01. The fourth-order valence-corrected chi connectivity index (χ4v) is 4.59. The van der Waals surface area contributed by atoms with Crippen LogP contribution in [0.1, 0.15) is 37.7 Å². The predicted molar refractivity (Wildman–Crippen MR) is 117 cm³/mol. The summed E-state index contributed by atoms with van der Waals surface area (Å²) in [6, 6.07) is 12.4. The normalized spacial score (nSPS) is 19.8. The molecule has 1 N–H and O–H groups in total. The fourth-order valence-electron chi connectivity index (χ4n) is 4.59. The van der Waals surface area contributed by atoms with Gasteiger partial charge in [0.1, 0.15) is 0 Å². The van der Waals surface area contributed by atoms with Gasteiger partial charge in [-0.25, -0.2) is 0 Å². The number of rotatable bonds is 5. The Hall–Kier alpha value is -2.54. The Labute approximate surface area is 181 Å². The Morgan fingerprint density at radius 3 is 2.65 bits per heavy atom. The molecule has 1 unspecified atom stereocenters. The average Bonchev–Trinajstić information content (AvgIpc) is 3.02. The van der Waals surface area contributed by atoms with Crippen LogP contribution in [0.4, 0.5) is 30.2 Å². The van der Waals surface area contributed by atoms with Crippen molar-refractivity contribution in [3.05, 3.63) is 54.1 Å². The third kappa shape index (κ3) is 5.03. The lowest BCUT2D eigenvalue weighted by Gasteiger charge is -2.37. The third-order valence-corrected chi connectivity index (χ3v) is 6.16. The van der Waals surface area contributed by atoms with E-state index >= 15 is 0 Å². The van der Waals surface area contributed by atoms with Crippen molar-refractivity contribution in [1.82, 2.24) is 5.32 Å². The van der Waals surface area contributed by atoms with Gasteiger partial charge in [0.05, 0.1) is 23.5 Å². The van der Waals surface area contributed by atoms with Crippen LogP contribution in [0.5, 0.6) is 0 Å². The van der Waals surface area contributed by atoms with Gasteiger partial charge in [0.2, 0.25) is 0 Å². The van der Waals surface area contributed by atoms with E-state index in [0.717, 1.165) is 50.3 Å². The average molecular weight is 432 g/mol. The monoisotopic (exact) mass is 431 g/mol. The van der Waals surface area contributed by atoms with Gasteiger partial charge in [0.25, 0.3) is 5.91 Å². The first-order chi connectivity index (χ1) is 14.9. The lowest BCUT2D eigenvalue weighted by molar-refractivity contribution is -0.137. The topological polar surface area (TPSA) is 35.6 Å². The van der Waals surface area contributed by atoms with Crippen molar-refractivity contribution < 1.29 is 18.0 Å². The molecule has 2 aromatic rings. The van der Waals surface area contributed by atoms with Crippen LogP contribution in [0.3, 0.4) is 0 Å². The highest BCUT2D eigenvalue weighted by molar-refractivity contribution is 6.08. The highest BCUT2D eigenvalue weighted by Crippen LogP contribution is 2.40. The zero-order chi connectivity index (χ0) is 21.8. The Morgan fingerprint density at radius 1 is 1.03 bits per heavy atom. The summed E-state index contributed by atoms with van der Waals surface area (Å²) >= 11 is 0. The van der Waals surface area contributed by atoms with Gasteiger partial charge in [-0.2, -0.15) is 13.2 Å². The van der Waals surface area contributed by atoms with Crippen LogP contribution in [0, 0.1) is 5.92 Å². The van der Waals surface area contributed by atoms with E-state index in [-0.39, 0.29) is 18.1 Å². The summed E-state index contributed by atoms with van der Waals surface area (Å²) in [6.45, 7) is 3.07. The number of alkyl halides is 3. The lowest BCUT2D eigenvalue weighted by Crippen LogP contribution is -2.44. The standard InChI is InChI=1S/C24H28F3N3O/c25-24(26,27)19-9-5-10-20(15-19)30-22-12-2-1-11-21(22)29(17-23(30)31)14-6-8-18-7-3-4-13-28-16-18/h1-2,5,9-12,15,18,28H,3-4,6-8,13-14,16-17H2. The van der Waals surface area contributed by atoms with E-state index in [1.165, 1.54) is 30.2 Å². The molecule has 1 saturated heterocycles. The second-order valence-corrected chi connectivity index (χ2v) is 8.40. The summed E-state index contributed by atoms with van der Waals surface area (Å²) in [5.74, 6) is 0.453. The second kappa shape index (κ2) is 9.30. The summed E-state index contributed by atoms with van der Waals surface area (Å²) in [5, 5.41) is 3.49. The summed E-state index contributed by atoms with van der Waals surface area (Å²) < 4.78 is 39.6. The smallest absolute Gasteiger partial charge is 0.360 e. The molecule has 0 aromatic heterocycles. The molecule has 2 heterocycles. The number of anilines is 3. The van der Waals surface area contributed by atoms with Gasteiger partial charge in [-0.15, -0.1) is 0 Å². The second-order valence-electron chi connectivity index (χ2n) is 8.40. The zero-order valence-electron chi connectivity index (χ0n) is 17.5. The van der Waals surface area contributed by atoms with Crippen LogP contribution < -0.4 is 15.1 Å². The Bertz CT molecular complexity index is 907. The fraction of sp³-hybridized carbons (Fsp3) is 0.458. The van der Waals surface area contributed by atoms with Gasteiger partial charge >= 0.3 is 6.18 Å². The van der Waals surface area contributed by atoms with E-state index in [0.29, 0.717) is 11.6 Å². The van der Waals surface area contributed by atoms with Crippen molar-refractivity contribution in [2.24, 2.45) is 5.92 Å². The largest absolute Gasteiger partial charge is 0.416 e. The number of benzene rings is 2. The molecule has 7 heteroatoms. The summed E-state index contributed by atoms with van der Waals surface area (Å²) in [7, 11) is 0.